The van der Waals surface area contributed by atoms with Crippen LogP contribution in [0.5, 0.6) is 5.75 Å². The molecule has 23 heavy (non-hydrogen) atoms. The van der Waals surface area contributed by atoms with Gasteiger partial charge in [0.05, 0.1) is 18.7 Å². The Kier molecular flexibility index (Phi) is 3.50. The zero-order chi connectivity index (χ0) is 15.6. The van der Waals surface area contributed by atoms with Gasteiger partial charge in [-0.2, -0.15) is 0 Å². The van der Waals surface area contributed by atoms with Crippen molar-refractivity contribution >= 4 is 17.0 Å². The largest absolute Gasteiger partial charge is 0.493 e. The lowest BCUT2D eigenvalue weighted by molar-refractivity contribution is 0.139. The topological polar surface area (TPSA) is 40.5 Å². The molecule has 0 saturated heterocycles. The third-order valence-corrected chi connectivity index (χ3v) is 4.20. The maximum Gasteiger partial charge on any atom is 0.418 e. The first-order valence-corrected chi connectivity index (χ1v) is 7.81. The summed E-state index contributed by atoms with van der Waals surface area (Å²) in [7, 11) is 0. The SMILES string of the molecule is O=C1OCCc2c(CCOc3ccccc3)c3ccccc3n21. The molecular formula is C19H17NO3. The van der Waals surface area contributed by atoms with Gasteiger partial charge in [0.1, 0.15) is 5.75 Å². The second-order valence-corrected chi connectivity index (χ2v) is 5.55. The summed E-state index contributed by atoms with van der Waals surface area (Å²) in [6, 6.07) is 17.8. The normalized spacial score (nSPS) is 13.7. The van der Waals surface area contributed by atoms with Crippen molar-refractivity contribution in [3.05, 3.63) is 65.9 Å². The molecule has 1 aromatic heterocycles. The van der Waals surface area contributed by atoms with Crippen LogP contribution in [0.3, 0.4) is 0 Å². The number of benzene rings is 2. The highest BCUT2D eigenvalue weighted by atomic mass is 16.6. The summed E-state index contributed by atoms with van der Waals surface area (Å²) in [5.74, 6) is 0.865. The molecule has 0 bridgehead atoms. The van der Waals surface area contributed by atoms with Crippen molar-refractivity contribution in [2.24, 2.45) is 0 Å². The lowest BCUT2D eigenvalue weighted by Crippen LogP contribution is -2.24. The van der Waals surface area contributed by atoms with Gasteiger partial charge in [-0.25, -0.2) is 9.36 Å². The van der Waals surface area contributed by atoms with Gasteiger partial charge in [-0.05, 0) is 23.8 Å². The number of cyclic esters (lactones) is 1. The van der Waals surface area contributed by atoms with Gasteiger partial charge in [-0.15, -0.1) is 0 Å². The van der Waals surface area contributed by atoms with E-state index in [-0.39, 0.29) is 6.09 Å². The van der Waals surface area contributed by atoms with Crippen LogP contribution in [0.25, 0.3) is 10.9 Å². The van der Waals surface area contributed by atoms with Gasteiger partial charge in [0.2, 0.25) is 0 Å². The van der Waals surface area contributed by atoms with E-state index in [9.17, 15) is 4.79 Å². The van der Waals surface area contributed by atoms with E-state index < -0.39 is 0 Å². The van der Waals surface area contributed by atoms with Crippen LogP contribution in [0.2, 0.25) is 0 Å². The summed E-state index contributed by atoms with van der Waals surface area (Å²) in [6.07, 6.45) is 1.24. The van der Waals surface area contributed by atoms with Gasteiger partial charge in [-0.3, -0.25) is 0 Å². The molecule has 4 heteroatoms. The maximum absolute atomic E-state index is 12.1. The Labute approximate surface area is 134 Å². The van der Waals surface area contributed by atoms with Gasteiger partial charge in [0, 0.05) is 23.9 Å². The fraction of sp³-hybridized carbons (Fsp3) is 0.211. The number of hydrogen-bond donors (Lipinski definition) is 0. The molecular weight excluding hydrogens is 290 g/mol. The molecule has 0 unspecified atom stereocenters. The van der Waals surface area contributed by atoms with Crippen molar-refractivity contribution in [3.8, 4) is 5.75 Å². The van der Waals surface area contributed by atoms with E-state index in [1.54, 1.807) is 4.57 Å². The Balaban J connectivity index is 1.65. The van der Waals surface area contributed by atoms with Crippen LogP contribution < -0.4 is 4.74 Å². The lowest BCUT2D eigenvalue weighted by Gasteiger charge is -2.16. The van der Waals surface area contributed by atoms with Gasteiger partial charge in [-0.1, -0.05) is 36.4 Å². The van der Waals surface area contributed by atoms with Crippen LogP contribution in [0.1, 0.15) is 11.3 Å². The number of aromatic nitrogens is 1. The number of carbonyl (C=O) groups is 1. The molecule has 0 saturated carbocycles. The molecule has 0 radical (unpaired) electrons. The first-order chi connectivity index (χ1) is 11.3. The van der Waals surface area contributed by atoms with E-state index >= 15 is 0 Å². The van der Waals surface area contributed by atoms with E-state index in [4.69, 9.17) is 9.47 Å². The monoisotopic (exact) mass is 307 g/mol. The predicted octanol–water partition coefficient (Wildman–Crippen LogP) is 3.80. The molecule has 0 atom stereocenters. The molecule has 4 rings (SSSR count). The highest BCUT2D eigenvalue weighted by Crippen LogP contribution is 2.29. The van der Waals surface area contributed by atoms with Crippen LogP contribution in [-0.4, -0.2) is 23.9 Å². The van der Waals surface area contributed by atoms with Crippen LogP contribution in [0.15, 0.2) is 54.6 Å². The second-order valence-electron chi connectivity index (χ2n) is 5.55. The van der Waals surface area contributed by atoms with Gasteiger partial charge < -0.3 is 9.47 Å². The summed E-state index contributed by atoms with van der Waals surface area (Å²) >= 11 is 0. The molecule has 0 aliphatic carbocycles. The molecule has 116 valence electrons. The molecule has 0 amide bonds. The van der Waals surface area contributed by atoms with Crippen molar-refractivity contribution in [3.63, 3.8) is 0 Å². The predicted molar refractivity (Wildman–Crippen MR) is 88.0 cm³/mol. The maximum atomic E-state index is 12.1. The standard InChI is InChI=1S/C19H17NO3/c21-19-20-17-9-5-4-8-15(17)16(18(20)11-13-23-19)10-12-22-14-6-2-1-3-7-14/h1-9H,10-13H2. The molecule has 0 spiro atoms. The molecule has 2 heterocycles. The summed E-state index contributed by atoms with van der Waals surface area (Å²) in [5.41, 5.74) is 3.16. The fourth-order valence-corrected chi connectivity index (χ4v) is 3.20. The van der Waals surface area contributed by atoms with Crippen LogP contribution in [0, 0.1) is 0 Å². The number of nitrogens with zero attached hydrogens (tertiary/aromatic N) is 1. The van der Waals surface area contributed by atoms with Crippen LogP contribution >= 0.6 is 0 Å². The minimum atomic E-state index is -0.280. The van der Waals surface area contributed by atoms with Crippen molar-refractivity contribution in [2.75, 3.05) is 13.2 Å². The van der Waals surface area contributed by atoms with E-state index in [2.05, 4.69) is 6.07 Å². The van der Waals surface area contributed by atoms with E-state index in [0.717, 1.165) is 35.2 Å². The first kappa shape index (κ1) is 13.9. The Morgan fingerprint density at radius 1 is 1.04 bits per heavy atom. The molecule has 1 aliphatic heterocycles. The molecule has 0 N–H and O–H groups in total. The highest BCUT2D eigenvalue weighted by molar-refractivity contribution is 5.94. The number of carbonyl (C=O) groups excluding carboxylic acids is 1. The minimum absolute atomic E-state index is 0.280. The zero-order valence-corrected chi connectivity index (χ0v) is 12.7. The van der Waals surface area contributed by atoms with Crippen molar-refractivity contribution in [1.82, 2.24) is 4.57 Å². The smallest absolute Gasteiger partial charge is 0.418 e. The summed E-state index contributed by atoms with van der Waals surface area (Å²) in [5, 5.41) is 1.11. The van der Waals surface area contributed by atoms with Crippen molar-refractivity contribution < 1.29 is 14.3 Å². The quantitative estimate of drug-likeness (QED) is 0.736. The van der Waals surface area contributed by atoms with Gasteiger partial charge in [0.25, 0.3) is 0 Å². The molecule has 2 aromatic carbocycles. The number of rotatable bonds is 4. The van der Waals surface area contributed by atoms with Gasteiger partial charge >= 0.3 is 6.09 Å². The number of para-hydroxylation sites is 2. The Hall–Kier alpha value is -2.75. The average Bonchev–Trinajstić information content (AvgIpc) is 2.91. The number of ether oxygens (including phenoxy) is 2. The summed E-state index contributed by atoms with van der Waals surface area (Å²) < 4.78 is 12.7. The third kappa shape index (κ3) is 2.46. The lowest BCUT2D eigenvalue weighted by atomic mass is 10.1. The molecule has 3 aromatic rings. The number of fused-ring (bicyclic) bond motifs is 3. The van der Waals surface area contributed by atoms with Crippen LogP contribution in [0.4, 0.5) is 4.79 Å². The Bertz CT molecular complexity index is 852. The minimum Gasteiger partial charge on any atom is -0.493 e. The van der Waals surface area contributed by atoms with E-state index in [0.29, 0.717) is 13.2 Å². The fourth-order valence-electron chi connectivity index (χ4n) is 3.20. The van der Waals surface area contributed by atoms with Crippen molar-refractivity contribution in [1.29, 1.82) is 0 Å². The Morgan fingerprint density at radius 2 is 1.83 bits per heavy atom. The Morgan fingerprint density at radius 3 is 2.70 bits per heavy atom. The first-order valence-electron chi connectivity index (χ1n) is 7.81. The van der Waals surface area contributed by atoms with E-state index in [1.807, 2.05) is 48.5 Å². The second kappa shape index (κ2) is 5.80. The van der Waals surface area contributed by atoms with E-state index in [1.165, 1.54) is 5.56 Å². The highest BCUT2D eigenvalue weighted by Gasteiger charge is 2.25. The molecule has 4 nitrogen and oxygen atoms in total. The molecule has 1 aliphatic rings. The molecule has 0 fully saturated rings. The number of hydrogen-bond acceptors (Lipinski definition) is 3. The zero-order valence-electron chi connectivity index (χ0n) is 12.7. The van der Waals surface area contributed by atoms with Crippen LogP contribution in [-0.2, 0) is 17.6 Å². The van der Waals surface area contributed by atoms with Crippen molar-refractivity contribution in [2.45, 2.75) is 12.8 Å². The summed E-state index contributed by atoms with van der Waals surface area (Å²) in [4.78, 5) is 12.1. The third-order valence-electron chi connectivity index (χ3n) is 4.20. The van der Waals surface area contributed by atoms with Gasteiger partial charge in [0.15, 0.2) is 0 Å². The summed E-state index contributed by atoms with van der Waals surface area (Å²) in [6.45, 7) is 1.03. The average molecular weight is 307 g/mol.